The molecule has 4 heteroatoms. The Morgan fingerprint density at radius 2 is 1.90 bits per heavy atom. The molecule has 0 atom stereocenters. The Kier molecular flexibility index (Phi) is 8.19. The molecular weight excluding hydrogens is 318 g/mol. The van der Waals surface area contributed by atoms with Crippen LogP contribution in [0, 0.1) is 13.8 Å². The maximum atomic E-state index is 5.57. The van der Waals surface area contributed by atoms with Gasteiger partial charge in [0, 0.05) is 18.1 Å². The zero-order valence-corrected chi connectivity index (χ0v) is 14.6. The molecule has 1 N–H and O–H groups in total. The van der Waals surface area contributed by atoms with Gasteiger partial charge in [0.05, 0.1) is 13.7 Å². The van der Waals surface area contributed by atoms with E-state index in [2.05, 4.69) is 41.2 Å². The smallest absolute Gasteiger partial charge is 0.125 e. The molecule has 1 aromatic rings. The van der Waals surface area contributed by atoms with E-state index >= 15 is 0 Å². The first kappa shape index (κ1) is 17.5. The number of halogens is 1. The highest BCUT2D eigenvalue weighted by Crippen LogP contribution is 2.33. The number of aryl methyl sites for hydroxylation is 1. The second-order valence-electron chi connectivity index (χ2n) is 5.01. The van der Waals surface area contributed by atoms with Crippen LogP contribution in [0.1, 0.15) is 29.5 Å². The van der Waals surface area contributed by atoms with E-state index < -0.39 is 0 Å². The molecule has 1 aromatic carbocycles. The average molecular weight is 344 g/mol. The number of hydrogen-bond donors (Lipinski definition) is 1. The van der Waals surface area contributed by atoms with Crippen molar-refractivity contribution >= 4 is 15.9 Å². The zero-order valence-electron chi connectivity index (χ0n) is 13.0. The van der Waals surface area contributed by atoms with Crippen molar-refractivity contribution in [1.82, 2.24) is 5.32 Å². The van der Waals surface area contributed by atoms with E-state index in [1.54, 1.807) is 14.2 Å². The van der Waals surface area contributed by atoms with Crippen molar-refractivity contribution in [2.45, 2.75) is 33.1 Å². The quantitative estimate of drug-likeness (QED) is 0.694. The van der Waals surface area contributed by atoms with Crippen LogP contribution < -0.4 is 10.1 Å². The summed E-state index contributed by atoms with van der Waals surface area (Å²) in [7, 11) is 3.48. The Hall–Kier alpha value is -0.580. The Morgan fingerprint density at radius 3 is 2.55 bits per heavy atom. The maximum absolute atomic E-state index is 5.57. The van der Waals surface area contributed by atoms with Gasteiger partial charge in [-0.25, -0.2) is 0 Å². The average Bonchev–Trinajstić information content (AvgIpc) is 2.43. The summed E-state index contributed by atoms with van der Waals surface area (Å²) in [5.74, 6) is 1.04. The van der Waals surface area contributed by atoms with E-state index in [9.17, 15) is 0 Å². The molecule has 0 unspecified atom stereocenters. The van der Waals surface area contributed by atoms with Crippen molar-refractivity contribution in [1.29, 1.82) is 0 Å². The predicted octanol–water partition coefficient (Wildman–Crippen LogP) is 3.63. The largest absolute Gasteiger partial charge is 0.496 e. The van der Waals surface area contributed by atoms with Gasteiger partial charge in [0.2, 0.25) is 0 Å². The fraction of sp³-hybridized carbons (Fsp3) is 0.625. The molecule has 0 aromatic heterocycles. The van der Waals surface area contributed by atoms with Gasteiger partial charge in [-0.2, -0.15) is 0 Å². The third-order valence-electron chi connectivity index (χ3n) is 3.50. The summed E-state index contributed by atoms with van der Waals surface area (Å²) in [6.07, 6.45) is 3.38. The highest BCUT2D eigenvalue weighted by molar-refractivity contribution is 9.10. The minimum atomic E-state index is 0.776. The monoisotopic (exact) mass is 343 g/mol. The maximum Gasteiger partial charge on any atom is 0.125 e. The molecule has 1 rings (SSSR count). The topological polar surface area (TPSA) is 30.5 Å². The molecule has 0 aliphatic heterocycles. The molecule has 3 nitrogen and oxygen atoms in total. The number of methoxy groups -OCH3 is 2. The Bertz CT molecular complexity index is 421. The van der Waals surface area contributed by atoms with Crippen LogP contribution in [0.5, 0.6) is 5.75 Å². The predicted molar refractivity (Wildman–Crippen MR) is 87.9 cm³/mol. The van der Waals surface area contributed by atoms with E-state index in [0.29, 0.717) is 0 Å². The van der Waals surface area contributed by atoms with Crippen LogP contribution in [0.25, 0.3) is 0 Å². The lowest BCUT2D eigenvalue weighted by Crippen LogP contribution is -2.20. The Morgan fingerprint density at radius 1 is 1.15 bits per heavy atom. The number of benzene rings is 1. The second-order valence-corrected chi connectivity index (χ2v) is 5.87. The molecule has 0 heterocycles. The standard InChI is InChI=1S/C16H26BrNO2/c1-12-11-15(17)13(2)14(16(12)20-4)7-5-6-8-18-9-10-19-3/h11,18H,5-10H2,1-4H3. The Labute approximate surface area is 131 Å². The first-order valence-corrected chi connectivity index (χ1v) is 7.93. The van der Waals surface area contributed by atoms with E-state index in [1.807, 2.05) is 0 Å². The molecule has 114 valence electrons. The summed E-state index contributed by atoms with van der Waals surface area (Å²) >= 11 is 3.63. The van der Waals surface area contributed by atoms with Crippen molar-refractivity contribution in [3.8, 4) is 5.75 Å². The van der Waals surface area contributed by atoms with E-state index in [1.165, 1.54) is 21.2 Å². The van der Waals surface area contributed by atoms with Crippen LogP contribution >= 0.6 is 15.9 Å². The third-order valence-corrected chi connectivity index (χ3v) is 4.33. The van der Waals surface area contributed by atoms with Crippen molar-refractivity contribution < 1.29 is 9.47 Å². The van der Waals surface area contributed by atoms with Crippen LogP contribution in [-0.2, 0) is 11.2 Å². The van der Waals surface area contributed by atoms with Crippen LogP contribution in [0.4, 0.5) is 0 Å². The first-order chi connectivity index (χ1) is 9.61. The molecule has 0 saturated heterocycles. The van der Waals surface area contributed by atoms with Gasteiger partial charge in [0.1, 0.15) is 5.75 Å². The van der Waals surface area contributed by atoms with Gasteiger partial charge in [-0.3, -0.25) is 0 Å². The highest BCUT2D eigenvalue weighted by atomic mass is 79.9. The number of hydrogen-bond acceptors (Lipinski definition) is 3. The summed E-state index contributed by atoms with van der Waals surface area (Å²) in [6.45, 7) is 6.99. The minimum absolute atomic E-state index is 0.776. The summed E-state index contributed by atoms with van der Waals surface area (Å²) in [5, 5.41) is 3.37. The number of ether oxygens (including phenoxy) is 2. The molecule has 0 aliphatic rings. The van der Waals surface area contributed by atoms with Gasteiger partial charge < -0.3 is 14.8 Å². The van der Waals surface area contributed by atoms with Crippen molar-refractivity contribution in [3.63, 3.8) is 0 Å². The SMILES string of the molecule is COCCNCCCCc1c(C)c(Br)cc(C)c1OC. The lowest BCUT2D eigenvalue weighted by molar-refractivity contribution is 0.199. The van der Waals surface area contributed by atoms with Gasteiger partial charge in [-0.05, 0) is 62.4 Å². The van der Waals surface area contributed by atoms with Gasteiger partial charge in [0.25, 0.3) is 0 Å². The van der Waals surface area contributed by atoms with Gasteiger partial charge in [-0.15, -0.1) is 0 Å². The molecule has 0 aliphatic carbocycles. The minimum Gasteiger partial charge on any atom is -0.496 e. The summed E-state index contributed by atoms with van der Waals surface area (Å²) in [6, 6.07) is 2.13. The van der Waals surface area contributed by atoms with E-state index in [0.717, 1.165) is 44.7 Å². The molecule has 0 amide bonds. The third kappa shape index (κ3) is 5.08. The van der Waals surface area contributed by atoms with Gasteiger partial charge in [-0.1, -0.05) is 15.9 Å². The van der Waals surface area contributed by atoms with Crippen molar-refractivity contribution in [3.05, 3.63) is 27.2 Å². The molecule has 0 fully saturated rings. The van der Waals surface area contributed by atoms with Crippen LogP contribution in [0.15, 0.2) is 10.5 Å². The van der Waals surface area contributed by atoms with Gasteiger partial charge >= 0.3 is 0 Å². The molecule has 20 heavy (non-hydrogen) atoms. The Balaban J connectivity index is 2.51. The lowest BCUT2D eigenvalue weighted by Gasteiger charge is -2.16. The van der Waals surface area contributed by atoms with Crippen LogP contribution in [0.2, 0.25) is 0 Å². The molecule has 0 saturated carbocycles. The van der Waals surface area contributed by atoms with E-state index in [-0.39, 0.29) is 0 Å². The summed E-state index contributed by atoms with van der Waals surface area (Å²) in [5.41, 5.74) is 3.81. The fourth-order valence-corrected chi connectivity index (χ4v) is 2.94. The highest BCUT2D eigenvalue weighted by Gasteiger charge is 2.12. The van der Waals surface area contributed by atoms with Gasteiger partial charge in [0.15, 0.2) is 0 Å². The summed E-state index contributed by atoms with van der Waals surface area (Å²) < 4.78 is 11.7. The molecule has 0 spiro atoms. The number of unbranched alkanes of at least 4 members (excludes halogenated alkanes) is 1. The fourth-order valence-electron chi connectivity index (χ4n) is 2.35. The number of rotatable bonds is 9. The van der Waals surface area contributed by atoms with Crippen LogP contribution in [0.3, 0.4) is 0 Å². The first-order valence-electron chi connectivity index (χ1n) is 7.14. The van der Waals surface area contributed by atoms with Crippen LogP contribution in [-0.4, -0.2) is 33.9 Å². The summed E-state index contributed by atoms with van der Waals surface area (Å²) in [4.78, 5) is 0. The molecule has 0 radical (unpaired) electrons. The molecular formula is C16H26BrNO2. The lowest BCUT2D eigenvalue weighted by atomic mass is 9.99. The van der Waals surface area contributed by atoms with E-state index in [4.69, 9.17) is 9.47 Å². The molecule has 0 bridgehead atoms. The normalized spacial score (nSPS) is 10.8. The zero-order chi connectivity index (χ0) is 15.0. The van der Waals surface area contributed by atoms with Crippen molar-refractivity contribution in [2.24, 2.45) is 0 Å². The van der Waals surface area contributed by atoms with Crippen molar-refractivity contribution in [2.75, 3.05) is 33.9 Å². The number of nitrogens with one attached hydrogen (secondary N) is 1. The second kappa shape index (κ2) is 9.37.